The molecular formula is C22H20ClNO5S. The summed E-state index contributed by atoms with van der Waals surface area (Å²) >= 11 is 7.65. The molecule has 0 saturated carbocycles. The van der Waals surface area contributed by atoms with E-state index in [0.717, 1.165) is 10.6 Å². The maximum Gasteiger partial charge on any atom is 0.331 e. The molecule has 156 valence electrons. The van der Waals surface area contributed by atoms with Gasteiger partial charge >= 0.3 is 5.97 Å². The summed E-state index contributed by atoms with van der Waals surface area (Å²) in [6.45, 7) is 0.0627. The first-order chi connectivity index (χ1) is 14.5. The molecule has 0 saturated heterocycles. The fourth-order valence-electron chi connectivity index (χ4n) is 2.67. The number of ether oxygens (including phenoxy) is 4. The first-order valence-electron chi connectivity index (χ1n) is 8.90. The lowest BCUT2D eigenvalue weighted by Crippen LogP contribution is -2.01. The van der Waals surface area contributed by atoms with Gasteiger partial charge < -0.3 is 18.9 Å². The summed E-state index contributed by atoms with van der Waals surface area (Å²) in [5.41, 5.74) is 2.16. The SMILES string of the molecule is COc1cc(OC)c(OC)cc1/C=C/C(=O)OCc1csc(-c2ccccc2Cl)n1. The van der Waals surface area contributed by atoms with Crippen LogP contribution in [-0.2, 0) is 16.1 Å². The smallest absolute Gasteiger partial charge is 0.331 e. The van der Waals surface area contributed by atoms with Crippen molar-refractivity contribution in [1.29, 1.82) is 0 Å². The van der Waals surface area contributed by atoms with Crippen molar-refractivity contribution in [3.63, 3.8) is 0 Å². The molecule has 1 heterocycles. The highest BCUT2D eigenvalue weighted by atomic mass is 35.5. The number of hydrogen-bond acceptors (Lipinski definition) is 7. The second-order valence-electron chi connectivity index (χ2n) is 6.01. The minimum Gasteiger partial charge on any atom is -0.496 e. The van der Waals surface area contributed by atoms with Crippen molar-refractivity contribution < 1.29 is 23.7 Å². The second-order valence-corrected chi connectivity index (χ2v) is 7.28. The van der Waals surface area contributed by atoms with Crippen LogP contribution >= 0.6 is 22.9 Å². The minimum atomic E-state index is -0.501. The molecule has 0 bridgehead atoms. The van der Waals surface area contributed by atoms with E-state index in [0.29, 0.717) is 33.5 Å². The van der Waals surface area contributed by atoms with Gasteiger partial charge in [-0.25, -0.2) is 9.78 Å². The van der Waals surface area contributed by atoms with E-state index in [1.165, 1.54) is 31.6 Å². The van der Waals surface area contributed by atoms with Crippen LogP contribution in [0.1, 0.15) is 11.3 Å². The van der Waals surface area contributed by atoms with E-state index in [9.17, 15) is 4.79 Å². The molecule has 6 nitrogen and oxygen atoms in total. The minimum absolute atomic E-state index is 0.0627. The van der Waals surface area contributed by atoms with Crippen molar-refractivity contribution in [2.24, 2.45) is 0 Å². The van der Waals surface area contributed by atoms with E-state index < -0.39 is 5.97 Å². The molecule has 0 N–H and O–H groups in total. The standard InChI is InChI=1S/C22H20ClNO5S/c1-26-18-11-20(28-3)19(27-2)10-14(18)8-9-21(25)29-12-15-13-30-22(24-15)16-6-4-5-7-17(16)23/h4-11,13H,12H2,1-3H3/b9-8+. The molecule has 3 rings (SSSR count). The Kier molecular flexibility index (Phi) is 7.32. The molecule has 30 heavy (non-hydrogen) atoms. The van der Waals surface area contributed by atoms with Crippen LogP contribution in [0.5, 0.6) is 17.2 Å². The number of benzene rings is 2. The molecule has 8 heteroatoms. The Morgan fingerprint density at radius 1 is 1.07 bits per heavy atom. The van der Waals surface area contributed by atoms with Gasteiger partial charge in [0.2, 0.25) is 0 Å². The van der Waals surface area contributed by atoms with E-state index >= 15 is 0 Å². The highest BCUT2D eigenvalue weighted by Gasteiger charge is 2.11. The molecule has 0 atom stereocenters. The Morgan fingerprint density at radius 2 is 1.77 bits per heavy atom. The zero-order valence-electron chi connectivity index (χ0n) is 16.7. The van der Waals surface area contributed by atoms with Gasteiger partial charge in [0.15, 0.2) is 11.5 Å². The zero-order chi connectivity index (χ0) is 21.5. The third kappa shape index (κ3) is 5.11. The van der Waals surface area contributed by atoms with Crippen LogP contribution in [0.3, 0.4) is 0 Å². The van der Waals surface area contributed by atoms with E-state index in [1.807, 2.05) is 29.6 Å². The maximum absolute atomic E-state index is 12.1. The first-order valence-corrected chi connectivity index (χ1v) is 10.2. The number of rotatable bonds is 8. The highest BCUT2D eigenvalue weighted by molar-refractivity contribution is 7.13. The number of hydrogen-bond donors (Lipinski definition) is 0. The molecule has 0 aliphatic rings. The van der Waals surface area contributed by atoms with E-state index in [4.69, 9.17) is 30.5 Å². The van der Waals surface area contributed by atoms with Crippen molar-refractivity contribution in [2.45, 2.75) is 6.61 Å². The molecule has 1 aromatic heterocycles. The first kappa shape index (κ1) is 21.7. The van der Waals surface area contributed by atoms with Gasteiger partial charge in [-0.15, -0.1) is 11.3 Å². The summed E-state index contributed by atoms with van der Waals surface area (Å²) in [6, 6.07) is 10.9. The van der Waals surface area contributed by atoms with Crippen LogP contribution in [0, 0.1) is 0 Å². The Morgan fingerprint density at radius 3 is 2.47 bits per heavy atom. The number of aromatic nitrogens is 1. The number of halogens is 1. The largest absolute Gasteiger partial charge is 0.496 e. The number of carbonyl (C=O) groups excluding carboxylic acids is 1. The van der Waals surface area contributed by atoms with Gasteiger partial charge in [0.05, 0.1) is 32.0 Å². The normalized spacial score (nSPS) is 10.8. The van der Waals surface area contributed by atoms with E-state index in [-0.39, 0.29) is 6.61 Å². The summed E-state index contributed by atoms with van der Waals surface area (Å²) < 4.78 is 21.2. The second kappa shape index (κ2) is 10.1. The fourth-order valence-corrected chi connectivity index (χ4v) is 3.79. The molecule has 0 aliphatic heterocycles. The Bertz CT molecular complexity index is 1060. The molecule has 0 unspecified atom stereocenters. The van der Waals surface area contributed by atoms with Gasteiger partial charge in [-0.05, 0) is 18.2 Å². The van der Waals surface area contributed by atoms with Crippen molar-refractivity contribution in [2.75, 3.05) is 21.3 Å². The Balaban J connectivity index is 1.65. The van der Waals surface area contributed by atoms with Crippen LogP contribution in [0.4, 0.5) is 0 Å². The molecular weight excluding hydrogens is 426 g/mol. The fraction of sp³-hybridized carbons (Fsp3) is 0.182. The van der Waals surface area contributed by atoms with Crippen LogP contribution in [0.2, 0.25) is 5.02 Å². The summed E-state index contributed by atoms with van der Waals surface area (Å²) in [7, 11) is 4.62. The number of esters is 1. The number of carbonyl (C=O) groups is 1. The van der Waals surface area contributed by atoms with Gasteiger partial charge in [0.1, 0.15) is 17.4 Å². The van der Waals surface area contributed by atoms with Crippen molar-refractivity contribution in [3.05, 3.63) is 64.1 Å². The van der Waals surface area contributed by atoms with Crippen molar-refractivity contribution >= 4 is 35.0 Å². The van der Waals surface area contributed by atoms with Crippen LogP contribution in [-0.4, -0.2) is 32.3 Å². The van der Waals surface area contributed by atoms with Crippen molar-refractivity contribution in [1.82, 2.24) is 4.98 Å². The van der Waals surface area contributed by atoms with E-state index in [2.05, 4.69) is 4.98 Å². The molecule has 0 radical (unpaired) electrons. The average molecular weight is 446 g/mol. The third-order valence-corrected chi connectivity index (χ3v) is 5.41. The molecule has 2 aromatic carbocycles. The summed E-state index contributed by atoms with van der Waals surface area (Å²) in [5, 5.41) is 3.24. The highest BCUT2D eigenvalue weighted by Crippen LogP contribution is 2.35. The predicted molar refractivity (Wildman–Crippen MR) is 117 cm³/mol. The lowest BCUT2D eigenvalue weighted by molar-refractivity contribution is -0.139. The monoisotopic (exact) mass is 445 g/mol. The molecule has 0 spiro atoms. The van der Waals surface area contributed by atoms with Crippen LogP contribution in [0.15, 0.2) is 47.9 Å². The molecule has 3 aromatic rings. The lowest BCUT2D eigenvalue weighted by atomic mass is 10.1. The number of nitrogens with zero attached hydrogens (tertiary/aromatic N) is 1. The Hall–Kier alpha value is -3.03. The molecule has 0 aliphatic carbocycles. The summed E-state index contributed by atoms with van der Waals surface area (Å²) in [6.07, 6.45) is 2.92. The quantitative estimate of drug-likeness (QED) is 0.348. The van der Waals surface area contributed by atoms with Gasteiger partial charge in [0, 0.05) is 28.6 Å². The topological polar surface area (TPSA) is 66.9 Å². The number of methoxy groups -OCH3 is 3. The maximum atomic E-state index is 12.1. The summed E-state index contributed by atoms with van der Waals surface area (Å²) in [4.78, 5) is 16.6. The van der Waals surface area contributed by atoms with Gasteiger partial charge in [0.25, 0.3) is 0 Å². The van der Waals surface area contributed by atoms with Crippen molar-refractivity contribution in [3.8, 4) is 27.8 Å². The predicted octanol–water partition coefficient (Wildman–Crippen LogP) is 5.25. The Labute approximate surface area is 183 Å². The molecule has 0 fully saturated rings. The van der Waals surface area contributed by atoms with Gasteiger partial charge in [-0.3, -0.25) is 0 Å². The lowest BCUT2D eigenvalue weighted by Gasteiger charge is -2.12. The average Bonchev–Trinajstić information content (AvgIpc) is 3.24. The van der Waals surface area contributed by atoms with Gasteiger partial charge in [-0.2, -0.15) is 0 Å². The van der Waals surface area contributed by atoms with Crippen LogP contribution in [0.25, 0.3) is 16.6 Å². The van der Waals surface area contributed by atoms with Crippen LogP contribution < -0.4 is 14.2 Å². The van der Waals surface area contributed by atoms with E-state index in [1.54, 1.807) is 25.3 Å². The number of thiazole rings is 1. The van der Waals surface area contributed by atoms with Gasteiger partial charge in [-0.1, -0.05) is 29.8 Å². The molecule has 0 amide bonds. The summed E-state index contributed by atoms with van der Waals surface area (Å²) in [5.74, 6) is 1.10. The zero-order valence-corrected chi connectivity index (χ0v) is 18.3. The third-order valence-electron chi connectivity index (χ3n) is 4.15.